The number of para-hydroxylation sites is 1. The van der Waals surface area contributed by atoms with Gasteiger partial charge in [-0.25, -0.2) is 0 Å². The van der Waals surface area contributed by atoms with Gasteiger partial charge in [-0.15, -0.1) is 0 Å². The molecule has 3 aromatic rings. The summed E-state index contributed by atoms with van der Waals surface area (Å²) in [7, 11) is 0. The van der Waals surface area contributed by atoms with E-state index in [-0.39, 0.29) is 0 Å². The van der Waals surface area contributed by atoms with Crippen molar-refractivity contribution in [2.45, 2.75) is 19.8 Å². The molecular formula is C21H21N. The quantitative estimate of drug-likeness (QED) is 0.600. The molecule has 0 saturated heterocycles. The van der Waals surface area contributed by atoms with E-state index in [9.17, 15) is 0 Å². The van der Waals surface area contributed by atoms with Gasteiger partial charge < -0.3 is 5.32 Å². The third-order valence-corrected chi connectivity index (χ3v) is 3.84. The van der Waals surface area contributed by atoms with E-state index in [4.69, 9.17) is 0 Å². The van der Waals surface area contributed by atoms with Crippen LogP contribution in [-0.4, -0.2) is 0 Å². The second kappa shape index (κ2) is 6.48. The van der Waals surface area contributed by atoms with Crippen molar-refractivity contribution < 1.29 is 0 Å². The Labute approximate surface area is 132 Å². The van der Waals surface area contributed by atoms with E-state index in [1.54, 1.807) is 0 Å². The molecule has 0 unspecified atom stereocenters. The first kappa shape index (κ1) is 14.4. The molecule has 0 amide bonds. The van der Waals surface area contributed by atoms with Gasteiger partial charge in [0.2, 0.25) is 0 Å². The normalized spacial score (nSPS) is 10.7. The number of nitrogens with one attached hydrogen (secondary N) is 1. The van der Waals surface area contributed by atoms with Crippen molar-refractivity contribution in [3.8, 4) is 11.1 Å². The molecule has 1 N–H and O–H groups in total. The van der Waals surface area contributed by atoms with Crippen molar-refractivity contribution >= 4 is 11.4 Å². The molecule has 0 atom stereocenters. The van der Waals surface area contributed by atoms with Crippen molar-refractivity contribution in [3.05, 3.63) is 84.4 Å². The Bertz CT molecular complexity index is 745. The lowest BCUT2D eigenvalue weighted by molar-refractivity contribution is 0.867. The Kier molecular flexibility index (Phi) is 4.24. The predicted molar refractivity (Wildman–Crippen MR) is 95.7 cm³/mol. The van der Waals surface area contributed by atoms with Crippen LogP contribution in [0.2, 0.25) is 0 Å². The van der Waals surface area contributed by atoms with Crippen LogP contribution in [-0.2, 0) is 0 Å². The van der Waals surface area contributed by atoms with Crippen molar-refractivity contribution in [1.82, 2.24) is 0 Å². The molecular weight excluding hydrogens is 266 g/mol. The Morgan fingerprint density at radius 3 is 2.23 bits per heavy atom. The predicted octanol–water partition coefficient (Wildman–Crippen LogP) is 6.22. The number of benzene rings is 3. The molecule has 110 valence electrons. The number of anilines is 2. The van der Waals surface area contributed by atoms with E-state index < -0.39 is 0 Å². The van der Waals surface area contributed by atoms with Crippen LogP contribution >= 0.6 is 0 Å². The molecule has 0 bridgehead atoms. The van der Waals surface area contributed by atoms with Crippen molar-refractivity contribution in [1.29, 1.82) is 0 Å². The van der Waals surface area contributed by atoms with E-state index >= 15 is 0 Å². The van der Waals surface area contributed by atoms with Crippen molar-refractivity contribution in [3.63, 3.8) is 0 Å². The maximum atomic E-state index is 3.57. The molecule has 0 aliphatic carbocycles. The SMILES string of the molecule is CC(C)c1cccc(Nc2ccccc2-c2ccccc2)c1. The summed E-state index contributed by atoms with van der Waals surface area (Å²) in [4.78, 5) is 0. The fraction of sp³-hybridized carbons (Fsp3) is 0.143. The van der Waals surface area contributed by atoms with Gasteiger partial charge in [0.25, 0.3) is 0 Å². The zero-order valence-electron chi connectivity index (χ0n) is 13.1. The summed E-state index contributed by atoms with van der Waals surface area (Å²) in [5, 5.41) is 3.57. The molecule has 0 aliphatic heterocycles. The summed E-state index contributed by atoms with van der Waals surface area (Å²) < 4.78 is 0. The number of hydrogen-bond acceptors (Lipinski definition) is 1. The van der Waals surface area contributed by atoms with Crippen LogP contribution in [0.25, 0.3) is 11.1 Å². The largest absolute Gasteiger partial charge is 0.355 e. The fourth-order valence-corrected chi connectivity index (χ4v) is 2.59. The molecule has 0 radical (unpaired) electrons. The van der Waals surface area contributed by atoms with Gasteiger partial charge in [-0.2, -0.15) is 0 Å². The van der Waals surface area contributed by atoms with Gasteiger partial charge in [0.15, 0.2) is 0 Å². The first-order chi connectivity index (χ1) is 10.7. The second-order valence-electron chi connectivity index (χ2n) is 5.82. The minimum absolute atomic E-state index is 0.533. The molecule has 0 aliphatic rings. The summed E-state index contributed by atoms with van der Waals surface area (Å²) in [5.74, 6) is 0.533. The highest BCUT2D eigenvalue weighted by Gasteiger charge is 2.05. The highest BCUT2D eigenvalue weighted by molar-refractivity contribution is 5.81. The number of rotatable bonds is 4. The highest BCUT2D eigenvalue weighted by atomic mass is 14.9. The lowest BCUT2D eigenvalue weighted by Crippen LogP contribution is -1.95. The minimum Gasteiger partial charge on any atom is -0.355 e. The average Bonchev–Trinajstić information content (AvgIpc) is 2.56. The Morgan fingerprint density at radius 2 is 1.45 bits per heavy atom. The Balaban J connectivity index is 1.95. The highest BCUT2D eigenvalue weighted by Crippen LogP contribution is 2.30. The van der Waals surface area contributed by atoms with Gasteiger partial charge in [0.1, 0.15) is 0 Å². The molecule has 1 heteroatoms. The molecule has 3 aromatic carbocycles. The molecule has 0 aromatic heterocycles. The monoisotopic (exact) mass is 287 g/mol. The van der Waals surface area contributed by atoms with E-state index in [0.29, 0.717) is 5.92 Å². The maximum Gasteiger partial charge on any atom is 0.0463 e. The lowest BCUT2D eigenvalue weighted by atomic mass is 10.0. The van der Waals surface area contributed by atoms with Crippen molar-refractivity contribution in [2.75, 3.05) is 5.32 Å². The van der Waals surface area contributed by atoms with Gasteiger partial charge in [-0.3, -0.25) is 0 Å². The second-order valence-corrected chi connectivity index (χ2v) is 5.82. The van der Waals surface area contributed by atoms with E-state index in [1.807, 2.05) is 6.07 Å². The smallest absolute Gasteiger partial charge is 0.0463 e. The summed E-state index contributed by atoms with van der Waals surface area (Å²) in [6.45, 7) is 4.44. The van der Waals surface area contributed by atoms with Gasteiger partial charge in [0.05, 0.1) is 0 Å². The van der Waals surface area contributed by atoms with Crippen LogP contribution in [0, 0.1) is 0 Å². The van der Waals surface area contributed by atoms with Crippen LogP contribution in [0.1, 0.15) is 25.3 Å². The first-order valence-electron chi connectivity index (χ1n) is 7.75. The Hall–Kier alpha value is -2.54. The van der Waals surface area contributed by atoms with Gasteiger partial charge >= 0.3 is 0 Å². The topological polar surface area (TPSA) is 12.0 Å². The third-order valence-electron chi connectivity index (χ3n) is 3.84. The van der Waals surface area contributed by atoms with Crippen molar-refractivity contribution in [2.24, 2.45) is 0 Å². The molecule has 1 nitrogen and oxygen atoms in total. The van der Waals surface area contributed by atoms with Crippen LogP contribution in [0.15, 0.2) is 78.9 Å². The molecule has 0 fully saturated rings. The van der Waals surface area contributed by atoms with Crippen LogP contribution < -0.4 is 5.32 Å². The van der Waals surface area contributed by atoms with E-state index in [1.165, 1.54) is 16.7 Å². The van der Waals surface area contributed by atoms with Crippen LogP contribution in [0.5, 0.6) is 0 Å². The van der Waals surface area contributed by atoms with Crippen LogP contribution in [0.4, 0.5) is 11.4 Å². The summed E-state index contributed by atoms with van der Waals surface area (Å²) in [6.07, 6.45) is 0. The van der Waals surface area contributed by atoms with Crippen LogP contribution in [0.3, 0.4) is 0 Å². The zero-order valence-corrected chi connectivity index (χ0v) is 13.1. The lowest BCUT2D eigenvalue weighted by Gasteiger charge is -2.14. The maximum absolute atomic E-state index is 3.57. The molecule has 3 rings (SSSR count). The van der Waals surface area contributed by atoms with Gasteiger partial charge in [-0.05, 0) is 35.2 Å². The first-order valence-corrected chi connectivity index (χ1v) is 7.75. The van der Waals surface area contributed by atoms with Gasteiger partial charge in [-0.1, -0.05) is 74.5 Å². The van der Waals surface area contributed by atoms with E-state index in [2.05, 4.69) is 92.0 Å². The summed E-state index contributed by atoms with van der Waals surface area (Å²) in [5.41, 5.74) is 6.06. The standard InChI is InChI=1S/C21H21N/c1-16(2)18-11-8-12-19(15-18)22-21-14-7-6-13-20(21)17-9-4-3-5-10-17/h3-16,22H,1-2H3. The molecule has 22 heavy (non-hydrogen) atoms. The van der Waals surface area contributed by atoms with Gasteiger partial charge in [0, 0.05) is 16.9 Å². The Morgan fingerprint density at radius 1 is 0.727 bits per heavy atom. The molecule has 0 spiro atoms. The number of hydrogen-bond donors (Lipinski definition) is 1. The zero-order chi connectivity index (χ0) is 15.4. The minimum atomic E-state index is 0.533. The third kappa shape index (κ3) is 3.20. The summed E-state index contributed by atoms with van der Waals surface area (Å²) >= 11 is 0. The average molecular weight is 287 g/mol. The molecule has 0 heterocycles. The fourth-order valence-electron chi connectivity index (χ4n) is 2.59. The van der Waals surface area contributed by atoms with E-state index in [0.717, 1.165) is 11.4 Å². The molecule has 0 saturated carbocycles. The summed E-state index contributed by atoms with van der Waals surface area (Å²) in [6, 6.07) is 27.6.